The van der Waals surface area contributed by atoms with Crippen molar-refractivity contribution in [1.29, 1.82) is 0 Å². The Morgan fingerprint density at radius 3 is 2.75 bits per heavy atom. The van der Waals surface area contributed by atoms with Crippen LogP contribution in [0.25, 0.3) is 6.08 Å². The minimum Gasteiger partial charge on any atom is -0.478 e. The molecular formula is C14H10FNO3S. The van der Waals surface area contributed by atoms with E-state index in [9.17, 15) is 14.0 Å². The van der Waals surface area contributed by atoms with Crippen LogP contribution in [0.5, 0.6) is 0 Å². The molecule has 4 nitrogen and oxygen atoms in total. The Morgan fingerprint density at radius 2 is 2.10 bits per heavy atom. The molecule has 2 N–H and O–H groups in total. The van der Waals surface area contributed by atoms with E-state index in [4.69, 9.17) is 5.11 Å². The van der Waals surface area contributed by atoms with Crippen molar-refractivity contribution >= 4 is 35.0 Å². The summed E-state index contributed by atoms with van der Waals surface area (Å²) in [6.45, 7) is 0. The number of thiophene rings is 1. The smallest absolute Gasteiger partial charge is 0.337 e. The molecule has 0 fully saturated rings. The first-order valence-corrected chi connectivity index (χ1v) is 6.49. The highest BCUT2D eigenvalue weighted by atomic mass is 32.1. The number of hydrogen-bond donors (Lipinski definition) is 2. The molecule has 102 valence electrons. The van der Waals surface area contributed by atoms with Gasteiger partial charge < -0.3 is 10.4 Å². The maximum absolute atomic E-state index is 13.1. The van der Waals surface area contributed by atoms with Gasteiger partial charge in [-0.05, 0) is 35.7 Å². The number of nitrogens with one attached hydrogen (secondary N) is 1. The average Bonchev–Trinajstić information content (AvgIpc) is 2.89. The molecule has 20 heavy (non-hydrogen) atoms. The number of carbonyl (C=O) groups excluding carboxylic acids is 1. The van der Waals surface area contributed by atoms with Crippen molar-refractivity contribution in [3.8, 4) is 0 Å². The zero-order valence-electron chi connectivity index (χ0n) is 10.2. The Morgan fingerprint density at radius 1 is 1.30 bits per heavy atom. The maximum Gasteiger partial charge on any atom is 0.337 e. The van der Waals surface area contributed by atoms with Gasteiger partial charge in [-0.1, -0.05) is 6.07 Å². The molecule has 0 bridgehead atoms. The lowest BCUT2D eigenvalue weighted by atomic mass is 10.1. The van der Waals surface area contributed by atoms with Crippen LogP contribution in [-0.4, -0.2) is 17.0 Å². The highest BCUT2D eigenvalue weighted by molar-refractivity contribution is 7.10. The fraction of sp³-hybridized carbons (Fsp3) is 0. The predicted molar refractivity (Wildman–Crippen MR) is 75.3 cm³/mol. The molecule has 2 aromatic rings. The van der Waals surface area contributed by atoms with Gasteiger partial charge in [-0.3, -0.25) is 4.79 Å². The highest BCUT2D eigenvalue weighted by Gasteiger charge is 2.12. The highest BCUT2D eigenvalue weighted by Crippen LogP contribution is 2.17. The zero-order valence-corrected chi connectivity index (χ0v) is 11.0. The third kappa shape index (κ3) is 3.52. The summed E-state index contributed by atoms with van der Waals surface area (Å²) < 4.78 is 13.1. The Hall–Kier alpha value is -2.47. The number of benzene rings is 1. The Labute approximate surface area is 118 Å². The molecule has 0 aliphatic rings. The van der Waals surface area contributed by atoms with Crippen LogP contribution in [0.1, 0.15) is 15.2 Å². The molecule has 1 aromatic carbocycles. The van der Waals surface area contributed by atoms with Crippen LogP contribution in [0.4, 0.5) is 10.1 Å². The molecule has 0 saturated carbocycles. The monoisotopic (exact) mass is 291 g/mol. The molecule has 1 heterocycles. The number of amides is 1. The molecule has 0 aliphatic heterocycles. The molecule has 1 amide bonds. The number of anilines is 1. The lowest BCUT2D eigenvalue weighted by Crippen LogP contribution is -2.12. The number of aromatic carboxylic acids is 1. The van der Waals surface area contributed by atoms with Gasteiger partial charge in [0.15, 0.2) is 0 Å². The number of carbonyl (C=O) groups is 2. The molecule has 0 saturated heterocycles. The van der Waals surface area contributed by atoms with E-state index in [0.717, 1.165) is 23.1 Å². The van der Waals surface area contributed by atoms with E-state index in [2.05, 4.69) is 5.32 Å². The number of carboxylic acid groups (broad SMARTS) is 1. The summed E-state index contributed by atoms with van der Waals surface area (Å²) in [5.74, 6) is -2.37. The van der Waals surface area contributed by atoms with Gasteiger partial charge in [0.25, 0.3) is 0 Å². The Kier molecular flexibility index (Phi) is 4.27. The van der Waals surface area contributed by atoms with Crippen molar-refractivity contribution in [2.75, 3.05) is 5.32 Å². The molecule has 0 aliphatic carbocycles. The molecule has 0 spiro atoms. The van der Waals surface area contributed by atoms with Crippen LogP contribution in [0, 0.1) is 5.82 Å². The minimum atomic E-state index is -1.23. The average molecular weight is 291 g/mol. The molecule has 0 atom stereocenters. The Bertz CT molecular complexity index is 665. The second-order valence-electron chi connectivity index (χ2n) is 3.83. The summed E-state index contributed by atoms with van der Waals surface area (Å²) in [6, 6.07) is 6.79. The predicted octanol–water partition coefficient (Wildman–Crippen LogP) is 3.24. The molecule has 0 radical (unpaired) electrons. The summed E-state index contributed by atoms with van der Waals surface area (Å²) in [7, 11) is 0. The van der Waals surface area contributed by atoms with Crippen molar-refractivity contribution in [3.63, 3.8) is 0 Å². The van der Waals surface area contributed by atoms with Gasteiger partial charge in [0, 0.05) is 11.0 Å². The lowest BCUT2D eigenvalue weighted by Gasteiger charge is -2.06. The third-order valence-corrected chi connectivity index (χ3v) is 3.25. The van der Waals surface area contributed by atoms with Crippen LogP contribution in [0.3, 0.4) is 0 Å². The van der Waals surface area contributed by atoms with E-state index in [1.54, 1.807) is 6.08 Å². The van der Waals surface area contributed by atoms with E-state index in [-0.39, 0.29) is 11.3 Å². The fourth-order valence-electron chi connectivity index (χ4n) is 1.52. The van der Waals surface area contributed by atoms with Crippen molar-refractivity contribution < 1.29 is 19.1 Å². The van der Waals surface area contributed by atoms with Crippen molar-refractivity contribution in [2.24, 2.45) is 0 Å². The molecule has 0 unspecified atom stereocenters. The number of hydrogen-bond acceptors (Lipinski definition) is 3. The summed E-state index contributed by atoms with van der Waals surface area (Å²) in [5.41, 5.74) is -0.234. The minimum absolute atomic E-state index is 0.0710. The molecular weight excluding hydrogens is 281 g/mol. The molecule has 6 heteroatoms. The van der Waals surface area contributed by atoms with E-state index < -0.39 is 17.7 Å². The van der Waals surface area contributed by atoms with E-state index >= 15 is 0 Å². The van der Waals surface area contributed by atoms with Crippen LogP contribution in [0.2, 0.25) is 0 Å². The summed E-state index contributed by atoms with van der Waals surface area (Å²) in [5, 5.41) is 13.2. The summed E-state index contributed by atoms with van der Waals surface area (Å²) >= 11 is 1.46. The van der Waals surface area contributed by atoms with Gasteiger partial charge in [0.05, 0.1) is 11.3 Å². The quantitative estimate of drug-likeness (QED) is 0.850. The van der Waals surface area contributed by atoms with Gasteiger partial charge in [0.2, 0.25) is 5.91 Å². The molecule has 2 rings (SSSR count). The number of halogens is 1. The van der Waals surface area contributed by atoms with Crippen molar-refractivity contribution in [2.45, 2.75) is 0 Å². The lowest BCUT2D eigenvalue weighted by molar-refractivity contribution is -0.111. The second-order valence-corrected chi connectivity index (χ2v) is 4.81. The first-order chi connectivity index (χ1) is 9.56. The van der Waals surface area contributed by atoms with Crippen LogP contribution >= 0.6 is 11.3 Å². The van der Waals surface area contributed by atoms with Gasteiger partial charge >= 0.3 is 5.97 Å². The van der Waals surface area contributed by atoms with Crippen LogP contribution in [0.15, 0.2) is 41.8 Å². The van der Waals surface area contributed by atoms with E-state index in [1.165, 1.54) is 17.4 Å². The van der Waals surface area contributed by atoms with Gasteiger partial charge in [0.1, 0.15) is 5.82 Å². The third-order valence-electron chi connectivity index (χ3n) is 2.41. The van der Waals surface area contributed by atoms with Gasteiger partial charge in [-0.25, -0.2) is 9.18 Å². The van der Waals surface area contributed by atoms with Crippen LogP contribution in [-0.2, 0) is 4.79 Å². The van der Waals surface area contributed by atoms with Gasteiger partial charge in [-0.2, -0.15) is 0 Å². The Balaban J connectivity index is 2.15. The molecule has 1 aromatic heterocycles. The second kappa shape index (κ2) is 6.12. The van der Waals surface area contributed by atoms with E-state index in [0.29, 0.717) is 0 Å². The van der Waals surface area contributed by atoms with Gasteiger partial charge in [-0.15, -0.1) is 11.3 Å². The number of rotatable bonds is 4. The largest absolute Gasteiger partial charge is 0.478 e. The summed E-state index contributed by atoms with van der Waals surface area (Å²) in [6.07, 6.45) is 2.86. The SMILES string of the molecule is O=C(/C=C/c1cccs1)Nc1cc(F)ccc1C(=O)O. The van der Waals surface area contributed by atoms with Crippen molar-refractivity contribution in [1.82, 2.24) is 0 Å². The standard InChI is InChI=1S/C14H10FNO3S/c15-9-3-5-11(14(18)19)12(8-9)16-13(17)6-4-10-2-1-7-20-10/h1-8H,(H,16,17)(H,18,19)/b6-4+. The first kappa shape index (κ1) is 14.0. The number of carboxylic acids is 1. The van der Waals surface area contributed by atoms with Crippen molar-refractivity contribution in [3.05, 3.63) is 58.0 Å². The first-order valence-electron chi connectivity index (χ1n) is 5.61. The fourth-order valence-corrected chi connectivity index (χ4v) is 2.14. The normalized spacial score (nSPS) is 10.7. The maximum atomic E-state index is 13.1. The topological polar surface area (TPSA) is 66.4 Å². The van der Waals surface area contributed by atoms with E-state index in [1.807, 2.05) is 17.5 Å². The van der Waals surface area contributed by atoms with Crippen LogP contribution < -0.4 is 5.32 Å². The zero-order chi connectivity index (χ0) is 14.5. The summed E-state index contributed by atoms with van der Waals surface area (Å²) in [4.78, 5) is 23.5.